The van der Waals surface area contributed by atoms with Crippen molar-refractivity contribution in [3.8, 4) is 0 Å². The van der Waals surface area contributed by atoms with Crippen molar-refractivity contribution in [3.05, 3.63) is 29.8 Å². The Hall–Kier alpha value is -0.970. The molecule has 132 valence electrons. The number of hydrogen-bond donors (Lipinski definition) is 1. The zero-order chi connectivity index (χ0) is 15.2. The second-order valence-electron chi connectivity index (χ2n) is 6.27. The Bertz CT molecular complexity index is 475. The van der Waals surface area contributed by atoms with Crippen LogP contribution >= 0.6 is 24.8 Å². The molecule has 0 radical (unpaired) electrons. The largest absolute Gasteiger partial charge is 0.399 e. The van der Waals surface area contributed by atoms with Crippen LogP contribution in [0.1, 0.15) is 25.8 Å². The van der Waals surface area contributed by atoms with E-state index < -0.39 is 0 Å². The second kappa shape index (κ2) is 10.7. The van der Waals surface area contributed by atoms with Gasteiger partial charge in [0.25, 0.3) is 0 Å². The van der Waals surface area contributed by atoms with E-state index in [2.05, 4.69) is 18.7 Å². The van der Waals surface area contributed by atoms with Crippen LogP contribution < -0.4 is 5.73 Å². The van der Waals surface area contributed by atoms with Gasteiger partial charge in [-0.2, -0.15) is 0 Å². The molecule has 23 heavy (non-hydrogen) atoms. The summed E-state index contributed by atoms with van der Waals surface area (Å²) in [6.45, 7) is 9.31. The van der Waals surface area contributed by atoms with Gasteiger partial charge in [-0.25, -0.2) is 0 Å². The molecule has 1 aromatic rings. The molecule has 1 amide bonds. The summed E-state index contributed by atoms with van der Waals surface area (Å²) in [7, 11) is 0. The van der Waals surface area contributed by atoms with E-state index >= 15 is 0 Å². The number of amides is 1. The molecule has 1 heterocycles. The maximum Gasteiger partial charge on any atom is 0.222 e. The highest BCUT2D eigenvalue weighted by atomic mass is 35.5. The predicted molar refractivity (Wildman–Crippen MR) is 102 cm³/mol. The summed E-state index contributed by atoms with van der Waals surface area (Å²) in [6.07, 6.45) is 1.29. The van der Waals surface area contributed by atoms with Crippen molar-refractivity contribution in [2.24, 2.45) is 5.92 Å². The first-order valence-electron chi connectivity index (χ1n) is 7.89. The molecule has 1 saturated heterocycles. The summed E-state index contributed by atoms with van der Waals surface area (Å²) < 4.78 is 0. The Morgan fingerprint density at radius 3 is 2.30 bits per heavy atom. The van der Waals surface area contributed by atoms with E-state index in [1.807, 2.05) is 29.2 Å². The average molecular weight is 362 g/mol. The van der Waals surface area contributed by atoms with Gasteiger partial charge in [0.1, 0.15) is 0 Å². The first-order chi connectivity index (χ1) is 10.1. The Labute approximate surface area is 152 Å². The molecular formula is C17H29Cl2N3O. The highest BCUT2D eigenvalue weighted by molar-refractivity contribution is 5.85. The summed E-state index contributed by atoms with van der Waals surface area (Å²) in [5, 5.41) is 0. The van der Waals surface area contributed by atoms with Crippen molar-refractivity contribution in [1.82, 2.24) is 9.80 Å². The summed E-state index contributed by atoms with van der Waals surface area (Å²) in [5.74, 6) is 0.941. The molecule has 1 fully saturated rings. The Morgan fingerprint density at radius 2 is 1.74 bits per heavy atom. The van der Waals surface area contributed by atoms with Crippen LogP contribution in [0.15, 0.2) is 24.3 Å². The molecule has 0 unspecified atom stereocenters. The molecule has 0 aromatic heterocycles. The smallest absolute Gasteiger partial charge is 0.222 e. The molecule has 4 nitrogen and oxygen atoms in total. The average Bonchev–Trinajstić information content (AvgIpc) is 2.46. The highest BCUT2D eigenvalue weighted by Gasteiger charge is 2.21. The number of halogens is 2. The van der Waals surface area contributed by atoms with Crippen molar-refractivity contribution in [2.45, 2.75) is 26.7 Å². The lowest BCUT2D eigenvalue weighted by Crippen LogP contribution is -2.49. The predicted octanol–water partition coefficient (Wildman–Crippen LogP) is 2.85. The van der Waals surface area contributed by atoms with E-state index in [0.717, 1.165) is 50.4 Å². The number of carbonyl (C=O) groups is 1. The standard InChI is InChI=1S/C17H27N3O.2ClH/c1-14(2)13-19-9-11-20(12-10-19)17(21)8-7-15-5-3-4-6-16(15)18;;/h3-6,14H,7-13,18H2,1-2H3;2*1H. The van der Waals surface area contributed by atoms with Crippen molar-refractivity contribution >= 4 is 36.4 Å². The zero-order valence-corrected chi connectivity index (χ0v) is 15.7. The van der Waals surface area contributed by atoms with Crippen LogP contribution in [0.3, 0.4) is 0 Å². The fourth-order valence-corrected chi connectivity index (χ4v) is 2.86. The normalized spacial score (nSPS) is 15.0. The quantitative estimate of drug-likeness (QED) is 0.820. The monoisotopic (exact) mass is 361 g/mol. The SMILES string of the molecule is CC(C)CN1CCN(C(=O)CCc2ccccc2N)CC1.Cl.Cl. The fraction of sp³-hybridized carbons (Fsp3) is 0.588. The number of nitrogen functional groups attached to an aromatic ring is 1. The fourth-order valence-electron chi connectivity index (χ4n) is 2.86. The molecule has 0 saturated carbocycles. The summed E-state index contributed by atoms with van der Waals surface area (Å²) in [6, 6.07) is 7.79. The molecule has 1 aromatic carbocycles. The van der Waals surface area contributed by atoms with Gasteiger partial charge >= 0.3 is 0 Å². The van der Waals surface area contributed by atoms with Crippen LogP contribution in [-0.4, -0.2) is 48.4 Å². The topological polar surface area (TPSA) is 49.6 Å². The van der Waals surface area contributed by atoms with Gasteiger partial charge in [0.15, 0.2) is 0 Å². The van der Waals surface area contributed by atoms with E-state index in [1.54, 1.807) is 0 Å². The van der Waals surface area contributed by atoms with Crippen molar-refractivity contribution < 1.29 is 4.79 Å². The van der Waals surface area contributed by atoms with Gasteiger partial charge in [-0.05, 0) is 24.0 Å². The third kappa shape index (κ3) is 6.98. The molecule has 2 rings (SSSR count). The van der Waals surface area contributed by atoms with Crippen molar-refractivity contribution in [2.75, 3.05) is 38.5 Å². The van der Waals surface area contributed by atoms with Gasteiger partial charge < -0.3 is 10.6 Å². The zero-order valence-electron chi connectivity index (χ0n) is 14.0. The maximum atomic E-state index is 12.3. The summed E-state index contributed by atoms with van der Waals surface area (Å²) in [4.78, 5) is 16.7. The van der Waals surface area contributed by atoms with Gasteiger partial charge in [0.2, 0.25) is 5.91 Å². The second-order valence-corrected chi connectivity index (χ2v) is 6.27. The number of anilines is 1. The van der Waals surface area contributed by atoms with Crippen molar-refractivity contribution in [3.63, 3.8) is 0 Å². The number of carbonyl (C=O) groups excluding carboxylic acids is 1. The maximum absolute atomic E-state index is 12.3. The van der Waals surface area contributed by atoms with Crippen LogP contribution in [-0.2, 0) is 11.2 Å². The number of nitrogens with two attached hydrogens (primary N) is 1. The van der Waals surface area contributed by atoms with E-state index in [9.17, 15) is 4.79 Å². The van der Waals surface area contributed by atoms with Crippen LogP contribution in [0.25, 0.3) is 0 Å². The van der Waals surface area contributed by atoms with E-state index in [1.165, 1.54) is 0 Å². The summed E-state index contributed by atoms with van der Waals surface area (Å²) in [5.41, 5.74) is 7.78. The van der Waals surface area contributed by atoms with Crippen molar-refractivity contribution in [1.29, 1.82) is 0 Å². The third-order valence-electron chi connectivity index (χ3n) is 4.01. The lowest BCUT2D eigenvalue weighted by molar-refractivity contribution is -0.132. The molecule has 0 spiro atoms. The van der Waals surface area contributed by atoms with Crippen LogP contribution in [0.5, 0.6) is 0 Å². The lowest BCUT2D eigenvalue weighted by atomic mass is 10.1. The third-order valence-corrected chi connectivity index (χ3v) is 4.01. The van der Waals surface area contributed by atoms with Gasteiger partial charge in [-0.1, -0.05) is 32.0 Å². The molecular weight excluding hydrogens is 333 g/mol. The molecule has 1 aliphatic heterocycles. The number of hydrogen-bond acceptors (Lipinski definition) is 3. The number of nitrogens with zero attached hydrogens (tertiary/aromatic N) is 2. The molecule has 2 N–H and O–H groups in total. The van der Waals surface area contributed by atoms with E-state index in [-0.39, 0.29) is 30.7 Å². The number of rotatable bonds is 5. The number of benzene rings is 1. The minimum absolute atomic E-state index is 0. The van der Waals surface area contributed by atoms with Gasteiger partial charge in [-0.3, -0.25) is 9.69 Å². The Balaban J connectivity index is 0.00000242. The Kier molecular flexibility index (Phi) is 10.3. The molecule has 0 bridgehead atoms. The van der Waals surface area contributed by atoms with Crippen LogP contribution in [0.2, 0.25) is 0 Å². The van der Waals surface area contributed by atoms with Crippen LogP contribution in [0, 0.1) is 5.92 Å². The van der Waals surface area contributed by atoms with Crippen LogP contribution in [0.4, 0.5) is 5.69 Å². The lowest BCUT2D eigenvalue weighted by Gasteiger charge is -2.35. The van der Waals surface area contributed by atoms with Gasteiger partial charge in [0.05, 0.1) is 0 Å². The highest BCUT2D eigenvalue weighted by Crippen LogP contribution is 2.14. The molecule has 0 atom stereocenters. The summed E-state index contributed by atoms with van der Waals surface area (Å²) >= 11 is 0. The molecule has 0 aliphatic carbocycles. The van der Waals surface area contributed by atoms with Gasteiger partial charge in [-0.15, -0.1) is 24.8 Å². The first-order valence-corrected chi connectivity index (χ1v) is 7.89. The molecule has 6 heteroatoms. The first kappa shape index (κ1) is 22.0. The minimum atomic E-state index is 0. The number of para-hydroxylation sites is 1. The molecule has 1 aliphatic rings. The Morgan fingerprint density at radius 1 is 1.13 bits per heavy atom. The number of piperazine rings is 1. The van der Waals surface area contributed by atoms with E-state index in [0.29, 0.717) is 12.3 Å². The van der Waals surface area contributed by atoms with Gasteiger partial charge in [0, 0.05) is 44.8 Å². The van der Waals surface area contributed by atoms with E-state index in [4.69, 9.17) is 5.73 Å². The minimum Gasteiger partial charge on any atom is -0.399 e. The number of aryl methyl sites for hydroxylation is 1.